The standard InChI is InChI=1S/C19H16ClF3N4OS/c1-11-3-8-16(15(20)9-11)24-17(28)10-29-18-26-25-12(2)27(18)14-6-4-13(5-7-14)19(21,22)23/h3-9H,10H2,1-2H3,(H,24,28). The monoisotopic (exact) mass is 440 g/mol. The average Bonchev–Trinajstić information content (AvgIpc) is 3.02. The summed E-state index contributed by atoms with van der Waals surface area (Å²) in [6, 6.07) is 9.97. The third kappa shape index (κ3) is 5.10. The summed E-state index contributed by atoms with van der Waals surface area (Å²) in [4.78, 5) is 12.3. The van der Waals surface area contributed by atoms with Gasteiger partial charge in [-0.1, -0.05) is 29.4 Å². The minimum Gasteiger partial charge on any atom is -0.324 e. The zero-order valence-electron chi connectivity index (χ0n) is 15.4. The highest BCUT2D eigenvalue weighted by Crippen LogP contribution is 2.30. The van der Waals surface area contributed by atoms with Gasteiger partial charge in [0.25, 0.3) is 0 Å². The third-order valence-corrected chi connectivity index (χ3v) is 5.22. The molecule has 0 aliphatic rings. The highest BCUT2D eigenvalue weighted by molar-refractivity contribution is 7.99. The normalized spacial score (nSPS) is 11.5. The van der Waals surface area contributed by atoms with Crippen molar-refractivity contribution < 1.29 is 18.0 Å². The van der Waals surface area contributed by atoms with E-state index in [0.717, 1.165) is 29.5 Å². The van der Waals surface area contributed by atoms with Gasteiger partial charge < -0.3 is 5.32 Å². The van der Waals surface area contributed by atoms with E-state index >= 15 is 0 Å². The molecule has 1 amide bonds. The van der Waals surface area contributed by atoms with E-state index in [1.807, 2.05) is 13.0 Å². The first kappa shape index (κ1) is 21.2. The zero-order valence-corrected chi connectivity index (χ0v) is 17.0. The van der Waals surface area contributed by atoms with Gasteiger partial charge in [0.15, 0.2) is 5.16 Å². The van der Waals surface area contributed by atoms with Crippen LogP contribution in [0.15, 0.2) is 47.6 Å². The van der Waals surface area contributed by atoms with E-state index in [1.165, 1.54) is 12.1 Å². The lowest BCUT2D eigenvalue weighted by molar-refractivity contribution is -0.137. The maximum Gasteiger partial charge on any atom is 0.416 e. The SMILES string of the molecule is Cc1ccc(NC(=O)CSc2nnc(C)n2-c2ccc(C(F)(F)F)cc2)c(Cl)c1. The molecule has 0 radical (unpaired) electrons. The van der Waals surface area contributed by atoms with Crippen molar-refractivity contribution >= 4 is 35.0 Å². The molecule has 10 heteroatoms. The molecule has 29 heavy (non-hydrogen) atoms. The number of amides is 1. The van der Waals surface area contributed by atoms with E-state index in [1.54, 1.807) is 23.6 Å². The molecule has 0 unspecified atom stereocenters. The molecule has 152 valence electrons. The molecule has 1 N–H and O–H groups in total. The molecule has 0 fully saturated rings. The number of carbonyl (C=O) groups is 1. The molecule has 0 saturated carbocycles. The molecule has 0 aliphatic carbocycles. The van der Waals surface area contributed by atoms with Gasteiger partial charge in [0, 0.05) is 5.69 Å². The Bertz CT molecular complexity index is 1030. The second-order valence-electron chi connectivity index (χ2n) is 6.23. The number of thioether (sulfide) groups is 1. The van der Waals surface area contributed by atoms with E-state index < -0.39 is 11.7 Å². The second-order valence-corrected chi connectivity index (χ2v) is 7.58. The number of aryl methyl sites for hydroxylation is 2. The molecule has 1 heterocycles. The Morgan fingerprint density at radius 1 is 1.14 bits per heavy atom. The number of carbonyl (C=O) groups excluding carboxylic acids is 1. The van der Waals surface area contributed by atoms with Crippen LogP contribution in [0.5, 0.6) is 0 Å². The smallest absolute Gasteiger partial charge is 0.324 e. The van der Waals surface area contributed by atoms with Gasteiger partial charge >= 0.3 is 6.18 Å². The summed E-state index contributed by atoms with van der Waals surface area (Å²) in [5, 5.41) is 11.5. The van der Waals surface area contributed by atoms with Crippen LogP contribution in [0, 0.1) is 13.8 Å². The lowest BCUT2D eigenvalue weighted by Crippen LogP contribution is -2.15. The second kappa shape index (κ2) is 8.46. The summed E-state index contributed by atoms with van der Waals surface area (Å²) in [5.41, 5.74) is 1.21. The Labute approximate surface area is 174 Å². The molecule has 0 atom stereocenters. The number of aromatic nitrogens is 3. The number of hydrogen-bond acceptors (Lipinski definition) is 4. The minimum absolute atomic E-state index is 0.0307. The van der Waals surface area contributed by atoms with Crippen LogP contribution in [0.25, 0.3) is 5.69 Å². The van der Waals surface area contributed by atoms with Crippen molar-refractivity contribution in [2.75, 3.05) is 11.1 Å². The summed E-state index contributed by atoms with van der Waals surface area (Å²) in [5.74, 6) is 0.234. The van der Waals surface area contributed by atoms with Crippen LogP contribution >= 0.6 is 23.4 Å². The number of alkyl halides is 3. The van der Waals surface area contributed by atoms with Gasteiger partial charge in [0.2, 0.25) is 5.91 Å². The van der Waals surface area contributed by atoms with Crippen molar-refractivity contribution in [3.05, 3.63) is 64.4 Å². The quantitative estimate of drug-likeness (QED) is 0.548. The fourth-order valence-corrected chi connectivity index (χ4v) is 3.65. The van der Waals surface area contributed by atoms with Gasteiger partial charge in [-0.05, 0) is 55.8 Å². The number of nitrogens with zero attached hydrogens (tertiary/aromatic N) is 3. The molecular formula is C19H16ClF3N4OS. The van der Waals surface area contributed by atoms with E-state index in [0.29, 0.717) is 27.4 Å². The molecule has 3 rings (SSSR count). The lowest BCUT2D eigenvalue weighted by Gasteiger charge is -2.11. The van der Waals surface area contributed by atoms with Crippen molar-refractivity contribution in [2.24, 2.45) is 0 Å². The largest absolute Gasteiger partial charge is 0.416 e. The van der Waals surface area contributed by atoms with Crippen LogP contribution in [0.2, 0.25) is 5.02 Å². The average molecular weight is 441 g/mol. The number of halogens is 4. The van der Waals surface area contributed by atoms with Crippen molar-refractivity contribution in [1.82, 2.24) is 14.8 Å². The Morgan fingerprint density at radius 3 is 2.45 bits per heavy atom. The first-order chi connectivity index (χ1) is 13.6. The predicted molar refractivity (Wildman–Crippen MR) is 107 cm³/mol. The Hall–Kier alpha value is -2.52. The first-order valence-corrected chi connectivity index (χ1v) is 9.80. The molecule has 0 bridgehead atoms. The Kier molecular flexibility index (Phi) is 6.18. The van der Waals surface area contributed by atoms with Crippen LogP contribution in [0.4, 0.5) is 18.9 Å². The fourth-order valence-electron chi connectivity index (χ4n) is 2.57. The van der Waals surface area contributed by atoms with Gasteiger partial charge in [0.05, 0.1) is 22.0 Å². The van der Waals surface area contributed by atoms with E-state index in [2.05, 4.69) is 15.5 Å². The molecule has 0 aliphatic heterocycles. The van der Waals surface area contributed by atoms with E-state index in [9.17, 15) is 18.0 Å². The van der Waals surface area contributed by atoms with Crippen molar-refractivity contribution in [2.45, 2.75) is 25.2 Å². The van der Waals surface area contributed by atoms with Crippen LogP contribution in [-0.4, -0.2) is 26.4 Å². The van der Waals surface area contributed by atoms with Crippen molar-refractivity contribution in [3.8, 4) is 5.69 Å². The number of rotatable bonds is 5. The molecule has 1 aromatic heterocycles. The number of benzene rings is 2. The van der Waals surface area contributed by atoms with Crippen LogP contribution in [-0.2, 0) is 11.0 Å². The Morgan fingerprint density at radius 2 is 1.83 bits per heavy atom. The highest BCUT2D eigenvalue weighted by Gasteiger charge is 2.30. The highest BCUT2D eigenvalue weighted by atomic mass is 35.5. The lowest BCUT2D eigenvalue weighted by atomic mass is 10.2. The first-order valence-electron chi connectivity index (χ1n) is 8.43. The number of hydrogen-bond donors (Lipinski definition) is 1. The topological polar surface area (TPSA) is 59.8 Å². The van der Waals surface area contributed by atoms with Gasteiger partial charge in [0.1, 0.15) is 5.82 Å². The summed E-state index contributed by atoms with van der Waals surface area (Å²) in [6.07, 6.45) is -4.41. The van der Waals surface area contributed by atoms with Crippen molar-refractivity contribution in [1.29, 1.82) is 0 Å². The molecule has 2 aromatic carbocycles. The minimum atomic E-state index is -4.41. The molecule has 5 nitrogen and oxygen atoms in total. The number of nitrogens with one attached hydrogen (secondary N) is 1. The molecular weight excluding hydrogens is 425 g/mol. The molecule has 0 saturated heterocycles. The van der Waals surface area contributed by atoms with Gasteiger partial charge in [-0.25, -0.2) is 0 Å². The van der Waals surface area contributed by atoms with Gasteiger partial charge in [-0.15, -0.1) is 10.2 Å². The van der Waals surface area contributed by atoms with E-state index in [4.69, 9.17) is 11.6 Å². The Balaban J connectivity index is 1.72. The third-order valence-electron chi connectivity index (χ3n) is 3.98. The summed E-state index contributed by atoms with van der Waals surface area (Å²) < 4.78 is 39.9. The van der Waals surface area contributed by atoms with Crippen LogP contribution < -0.4 is 5.32 Å². The number of anilines is 1. The molecule has 0 spiro atoms. The van der Waals surface area contributed by atoms with Crippen LogP contribution in [0.3, 0.4) is 0 Å². The van der Waals surface area contributed by atoms with Crippen LogP contribution in [0.1, 0.15) is 17.0 Å². The van der Waals surface area contributed by atoms with Gasteiger partial charge in [-0.3, -0.25) is 9.36 Å². The van der Waals surface area contributed by atoms with Crippen molar-refractivity contribution in [3.63, 3.8) is 0 Å². The molecule has 3 aromatic rings. The predicted octanol–water partition coefficient (Wildman–Crippen LogP) is 5.29. The summed E-state index contributed by atoms with van der Waals surface area (Å²) >= 11 is 7.24. The maximum absolute atomic E-state index is 12.8. The summed E-state index contributed by atoms with van der Waals surface area (Å²) in [7, 11) is 0. The zero-order chi connectivity index (χ0) is 21.2. The van der Waals surface area contributed by atoms with Gasteiger partial charge in [-0.2, -0.15) is 13.2 Å². The van der Waals surface area contributed by atoms with E-state index in [-0.39, 0.29) is 11.7 Å². The summed E-state index contributed by atoms with van der Waals surface area (Å²) in [6.45, 7) is 3.57. The fraction of sp³-hybridized carbons (Fsp3) is 0.211. The maximum atomic E-state index is 12.8.